The SMILES string of the molecule is Cc1nc(-c2cncc(F)c2)sc1N(C)C(=O)CC(C)S(C)=O. The van der Waals surface area contributed by atoms with E-state index in [0.29, 0.717) is 21.3 Å². The number of hydrogen-bond donors (Lipinski definition) is 0. The summed E-state index contributed by atoms with van der Waals surface area (Å²) >= 11 is 1.30. The van der Waals surface area contributed by atoms with Gasteiger partial charge >= 0.3 is 0 Å². The fraction of sp³-hybridized carbons (Fsp3) is 0.400. The van der Waals surface area contributed by atoms with Crippen LogP contribution < -0.4 is 4.90 Å². The number of hydrogen-bond acceptors (Lipinski definition) is 5. The van der Waals surface area contributed by atoms with Gasteiger partial charge in [-0.25, -0.2) is 9.37 Å². The van der Waals surface area contributed by atoms with Crippen molar-refractivity contribution in [1.29, 1.82) is 0 Å². The van der Waals surface area contributed by atoms with Gasteiger partial charge in [0.1, 0.15) is 15.8 Å². The summed E-state index contributed by atoms with van der Waals surface area (Å²) in [5.41, 5.74) is 1.27. The van der Waals surface area contributed by atoms with Crippen LogP contribution in [0.2, 0.25) is 0 Å². The molecule has 0 aromatic carbocycles. The second-order valence-electron chi connectivity index (χ2n) is 5.27. The van der Waals surface area contributed by atoms with Gasteiger partial charge in [-0.3, -0.25) is 14.0 Å². The highest BCUT2D eigenvalue weighted by Crippen LogP contribution is 2.34. The molecule has 5 nitrogen and oxygen atoms in total. The molecule has 0 N–H and O–H groups in total. The summed E-state index contributed by atoms with van der Waals surface area (Å²) in [5.74, 6) is -0.552. The van der Waals surface area contributed by atoms with E-state index >= 15 is 0 Å². The molecule has 0 bridgehead atoms. The van der Waals surface area contributed by atoms with Gasteiger partial charge in [-0.15, -0.1) is 0 Å². The van der Waals surface area contributed by atoms with Crippen molar-refractivity contribution in [2.24, 2.45) is 0 Å². The number of carbonyl (C=O) groups is 1. The zero-order chi connectivity index (χ0) is 17.1. The zero-order valence-corrected chi connectivity index (χ0v) is 15.0. The van der Waals surface area contributed by atoms with Crippen LogP contribution >= 0.6 is 11.3 Å². The fourth-order valence-corrected chi connectivity index (χ4v) is 3.37. The van der Waals surface area contributed by atoms with Crippen molar-refractivity contribution in [2.75, 3.05) is 18.2 Å². The molecule has 2 rings (SSSR count). The van der Waals surface area contributed by atoms with Crippen molar-refractivity contribution in [3.63, 3.8) is 0 Å². The number of anilines is 1. The van der Waals surface area contributed by atoms with Gasteiger partial charge in [0.15, 0.2) is 0 Å². The molecule has 0 saturated carbocycles. The Kier molecular flexibility index (Phi) is 5.59. The molecule has 8 heteroatoms. The molecule has 0 spiro atoms. The Balaban J connectivity index is 2.23. The van der Waals surface area contributed by atoms with E-state index in [1.165, 1.54) is 28.5 Å². The first kappa shape index (κ1) is 17.7. The lowest BCUT2D eigenvalue weighted by Gasteiger charge is -2.17. The van der Waals surface area contributed by atoms with E-state index in [2.05, 4.69) is 9.97 Å². The van der Waals surface area contributed by atoms with Gasteiger partial charge in [-0.05, 0) is 13.0 Å². The minimum absolute atomic E-state index is 0.122. The van der Waals surface area contributed by atoms with Gasteiger partial charge in [0, 0.05) is 47.5 Å². The van der Waals surface area contributed by atoms with E-state index in [-0.39, 0.29) is 17.6 Å². The maximum Gasteiger partial charge on any atom is 0.228 e. The largest absolute Gasteiger partial charge is 0.305 e. The van der Waals surface area contributed by atoms with E-state index in [0.717, 1.165) is 6.20 Å². The van der Waals surface area contributed by atoms with Gasteiger partial charge in [-0.1, -0.05) is 18.3 Å². The first-order chi connectivity index (χ1) is 10.8. The van der Waals surface area contributed by atoms with E-state index in [4.69, 9.17) is 0 Å². The number of carbonyl (C=O) groups excluding carboxylic acids is 1. The molecule has 0 aliphatic heterocycles. The molecule has 124 valence electrons. The first-order valence-electron chi connectivity index (χ1n) is 6.96. The quantitative estimate of drug-likeness (QED) is 0.827. The summed E-state index contributed by atoms with van der Waals surface area (Å²) in [7, 11) is 0.622. The minimum atomic E-state index is -1.05. The number of rotatable bonds is 5. The molecule has 0 saturated heterocycles. The zero-order valence-electron chi connectivity index (χ0n) is 13.4. The topological polar surface area (TPSA) is 63.2 Å². The van der Waals surface area contributed by atoms with Gasteiger partial charge < -0.3 is 4.90 Å². The van der Waals surface area contributed by atoms with Crippen LogP contribution in [0.15, 0.2) is 18.5 Å². The Labute approximate surface area is 141 Å². The molecule has 2 aromatic heterocycles. The Bertz CT molecular complexity index is 748. The number of aromatic nitrogens is 2. The molecule has 0 aliphatic rings. The number of pyridine rings is 1. The van der Waals surface area contributed by atoms with Crippen LogP contribution in [0.25, 0.3) is 10.6 Å². The Morgan fingerprint density at radius 1 is 1.48 bits per heavy atom. The van der Waals surface area contributed by atoms with E-state index < -0.39 is 16.6 Å². The molecular weight excluding hydrogens is 337 g/mol. The maximum absolute atomic E-state index is 13.3. The predicted octanol–water partition coefficient (Wildman–Crippen LogP) is 2.77. The monoisotopic (exact) mass is 355 g/mol. The average molecular weight is 355 g/mol. The third-order valence-corrected chi connectivity index (χ3v) is 6.01. The summed E-state index contributed by atoms with van der Waals surface area (Å²) < 4.78 is 24.7. The lowest BCUT2D eigenvalue weighted by Crippen LogP contribution is -2.29. The van der Waals surface area contributed by atoms with Crippen LogP contribution in [0.5, 0.6) is 0 Å². The van der Waals surface area contributed by atoms with Crippen molar-refractivity contribution in [1.82, 2.24) is 9.97 Å². The van der Waals surface area contributed by atoms with Gasteiger partial charge in [0.25, 0.3) is 0 Å². The summed E-state index contributed by atoms with van der Waals surface area (Å²) in [4.78, 5) is 22.0. The van der Waals surface area contributed by atoms with Crippen molar-refractivity contribution in [3.8, 4) is 10.6 Å². The summed E-state index contributed by atoms with van der Waals surface area (Å²) in [6, 6.07) is 1.36. The molecule has 23 heavy (non-hydrogen) atoms. The van der Waals surface area contributed by atoms with Crippen LogP contribution in [0.1, 0.15) is 19.0 Å². The van der Waals surface area contributed by atoms with Gasteiger partial charge in [-0.2, -0.15) is 0 Å². The molecule has 2 unspecified atom stereocenters. The normalized spacial score (nSPS) is 13.6. The van der Waals surface area contributed by atoms with Crippen LogP contribution in [-0.2, 0) is 15.6 Å². The highest BCUT2D eigenvalue weighted by Gasteiger charge is 2.21. The Morgan fingerprint density at radius 2 is 2.17 bits per heavy atom. The lowest BCUT2D eigenvalue weighted by atomic mass is 10.3. The number of nitrogens with zero attached hydrogens (tertiary/aromatic N) is 3. The number of aryl methyl sites for hydroxylation is 1. The summed E-state index contributed by atoms with van der Waals surface area (Å²) in [6.45, 7) is 3.58. The highest BCUT2D eigenvalue weighted by molar-refractivity contribution is 7.84. The number of thiazole rings is 1. The molecule has 0 fully saturated rings. The van der Waals surface area contributed by atoms with E-state index in [1.807, 2.05) is 0 Å². The molecule has 2 heterocycles. The van der Waals surface area contributed by atoms with Gasteiger partial charge in [0.05, 0.1) is 11.9 Å². The smallest absolute Gasteiger partial charge is 0.228 e. The number of halogens is 1. The predicted molar refractivity (Wildman–Crippen MR) is 91.6 cm³/mol. The van der Waals surface area contributed by atoms with Gasteiger partial charge in [0.2, 0.25) is 5.91 Å². The molecule has 2 atom stereocenters. The molecule has 2 aromatic rings. The average Bonchev–Trinajstić information content (AvgIpc) is 2.88. The Morgan fingerprint density at radius 3 is 2.78 bits per heavy atom. The molecular formula is C15H18FN3O2S2. The van der Waals surface area contributed by atoms with Crippen LogP contribution in [-0.4, -0.2) is 38.6 Å². The van der Waals surface area contributed by atoms with Crippen molar-refractivity contribution >= 4 is 33.0 Å². The summed E-state index contributed by atoms with van der Waals surface area (Å²) in [5, 5.41) is 1.10. The Hall–Kier alpha value is -1.67. The standard InChI is InChI=1S/C15H18FN3O2S2/c1-9(23(4)21)5-13(20)19(3)15-10(2)18-14(22-15)11-6-12(16)8-17-7-11/h6-9H,5H2,1-4H3. The van der Waals surface area contributed by atoms with Crippen molar-refractivity contribution in [3.05, 3.63) is 30.0 Å². The van der Waals surface area contributed by atoms with Crippen LogP contribution in [0.3, 0.4) is 0 Å². The lowest BCUT2D eigenvalue weighted by molar-refractivity contribution is -0.118. The maximum atomic E-state index is 13.3. The summed E-state index contributed by atoms with van der Waals surface area (Å²) in [6.07, 6.45) is 4.46. The fourth-order valence-electron chi connectivity index (χ4n) is 1.97. The van der Waals surface area contributed by atoms with E-state index in [9.17, 15) is 13.4 Å². The van der Waals surface area contributed by atoms with Crippen LogP contribution in [0, 0.1) is 12.7 Å². The number of amides is 1. The minimum Gasteiger partial charge on any atom is -0.305 e. The second kappa shape index (κ2) is 7.27. The third-order valence-electron chi connectivity index (χ3n) is 3.43. The molecule has 0 aliphatic carbocycles. The second-order valence-corrected chi connectivity index (χ2v) is 8.05. The highest BCUT2D eigenvalue weighted by atomic mass is 32.2. The van der Waals surface area contributed by atoms with Crippen molar-refractivity contribution < 1.29 is 13.4 Å². The first-order valence-corrected chi connectivity index (χ1v) is 9.40. The molecule has 1 amide bonds. The molecule has 0 radical (unpaired) electrons. The van der Waals surface area contributed by atoms with Crippen molar-refractivity contribution in [2.45, 2.75) is 25.5 Å². The van der Waals surface area contributed by atoms with Crippen LogP contribution in [0.4, 0.5) is 9.39 Å². The third kappa shape index (κ3) is 4.20. The van der Waals surface area contributed by atoms with E-state index in [1.54, 1.807) is 27.2 Å².